The first kappa shape index (κ1) is 29.8. The van der Waals surface area contributed by atoms with Crippen LogP contribution in [-0.2, 0) is 0 Å². The van der Waals surface area contributed by atoms with Crippen LogP contribution in [0.25, 0.3) is 78.1 Å². The summed E-state index contributed by atoms with van der Waals surface area (Å²) in [5.74, 6) is 0.821. The number of benzene rings is 7. The van der Waals surface area contributed by atoms with E-state index in [1.54, 1.807) is 0 Å². The molecule has 0 N–H and O–H groups in total. The van der Waals surface area contributed by atoms with Gasteiger partial charge in [0.15, 0.2) is 5.58 Å². The van der Waals surface area contributed by atoms with Crippen LogP contribution < -0.4 is 4.90 Å². The van der Waals surface area contributed by atoms with Gasteiger partial charge >= 0.3 is 0 Å². The molecule has 3 heterocycles. The van der Waals surface area contributed by atoms with Gasteiger partial charge in [0.05, 0.1) is 17.1 Å². The first-order valence-corrected chi connectivity index (χ1v) is 18.2. The molecular weight excluding hydrogens is 651 g/mol. The number of anilines is 2. The number of para-hydroxylation sites is 3. The van der Waals surface area contributed by atoms with Gasteiger partial charge in [0.2, 0.25) is 5.89 Å². The topological polar surface area (TPSA) is 47.3 Å². The quantitative estimate of drug-likeness (QED) is 0.181. The molecule has 5 nitrogen and oxygen atoms in total. The summed E-state index contributed by atoms with van der Waals surface area (Å²) < 4.78 is 15.0. The smallest absolute Gasteiger partial charge is 0.227 e. The summed E-state index contributed by atoms with van der Waals surface area (Å²) in [6.07, 6.45) is 4.54. The molecule has 252 valence electrons. The van der Waals surface area contributed by atoms with Gasteiger partial charge < -0.3 is 18.3 Å². The van der Waals surface area contributed by atoms with E-state index in [-0.39, 0.29) is 12.0 Å². The van der Waals surface area contributed by atoms with Crippen molar-refractivity contribution in [2.45, 2.75) is 13.0 Å². The first-order valence-electron chi connectivity index (χ1n) is 18.2. The Labute approximate surface area is 305 Å². The normalized spacial score (nSPS) is 15.6. The molecule has 0 spiro atoms. The zero-order valence-electron chi connectivity index (χ0n) is 29.0. The molecule has 0 amide bonds. The minimum atomic E-state index is -0.0222. The zero-order valence-corrected chi connectivity index (χ0v) is 29.0. The Balaban J connectivity index is 1.10. The number of aromatic nitrogens is 2. The van der Waals surface area contributed by atoms with E-state index in [9.17, 15) is 0 Å². The second-order valence-corrected chi connectivity index (χ2v) is 14.0. The lowest BCUT2D eigenvalue weighted by Crippen LogP contribution is -2.30. The summed E-state index contributed by atoms with van der Waals surface area (Å²) in [6.45, 7) is 2.30. The molecule has 11 rings (SSSR count). The highest BCUT2D eigenvalue weighted by atomic mass is 16.3. The maximum absolute atomic E-state index is 6.33. The second-order valence-electron chi connectivity index (χ2n) is 14.0. The van der Waals surface area contributed by atoms with Crippen LogP contribution in [0.1, 0.15) is 24.1 Å². The van der Waals surface area contributed by atoms with Crippen LogP contribution in [0.15, 0.2) is 173 Å². The van der Waals surface area contributed by atoms with E-state index in [0.717, 1.165) is 61.2 Å². The van der Waals surface area contributed by atoms with Gasteiger partial charge in [-0.25, -0.2) is 4.98 Å². The molecule has 5 heteroatoms. The van der Waals surface area contributed by atoms with Crippen LogP contribution in [0.2, 0.25) is 0 Å². The fraction of sp³-hybridized carbons (Fsp3) is 0.0625. The van der Waals surface area contributed by atoms with Gasteiger partial charge in [-0.15, -0.1) is 0 Å². The summed E-state index contributed by atoms with van der Waals surface area (Å²) in [4.78, 5) is 7.56. The Morgan fingerprint density at radius 2 is 1.21 bits per heavy atom. The number of fused-ring (bicyclic) bond motifs is 9. The van der Waals surface area contributed by atoms with E-state index in [1.165, 1.54) is 27.4 Å². The van der Waals surface area contributed by atoms with E-state index < -0.39 is 0 Å². The van der Waals surface area contributed by atoms with E-state index in [1.807, 2.05) is 42.5 Å². The molecule has 7 aromatic carbocycles. The monoisotopic (exact) mass is 683 g/mol. The number of hydrogen-bond donors (Lipinski definition) is 0. The Kier molecular flexibility index (Phi) is 6.52. The average molecular weight is 684 g/mol. The third-order valence-corrected chi connectivity index (χ3v) is 10.9. The van der Waals surface area contributed by atoms with Gasteiger partial charge in [0.25, 0.3) is 0 Å². The van der Waals surface area contributed by atoms with Crippen molar-refractivity contribution in [2.24, 2.45) is 5.92 Å². The second kappa shape index (κ2) is 11.6. The maximum Gasteiger partial charge on any atom is 0.227 e. The molecule has 0 radical (unpaired) electrons. The Morgan fingerprint density at radius 3 is 1.98 bits per heavy atom. The Bertz CT molecular complexity index is 2990. The predicted molar refractivity (Wildman–Crippen MR) is 217 cm³/mol. The van der Waals surface area contributed by atoms with Crippen molar-refractivity contribution in [2.75, 3.05) is 4.90 Å². The van der Waals surface area contributed by atoms with Crippen LogP contribution in [0.3, 0.4) is 0 Å². The van der Waals surface area contributed by atoms with Crippen molar-refractivity contribution in [3.05, 3.63) is 175 Å². The molecule has 2 unspecified atom stereocenters. The zero-order chi connectivity index (χ0) is 35.0. The van der Waals surface area contributed by atoms with Crippen LogP contribution in [-0.4, -0.2) is 9.55 Å². The predicted octanol–water partition coefficient (Wildman–Crippen LogP) is 13.0. The first-order chi connectivity index (χ1) is 26.2. The van der Waals surface area contributed by atoms with Crippen LogP contribution in [0.4, 0.5) is 11.4 Å². The fourth-order valence-corrected chi connectivity index (χ4v) is 8.48. The van der Waals surface area contributed by atoms with Crippen molar-refractivity contribution in [3.63, 3.8) is 0 Å². The maximum atomic E-state index is 6.33. The minimum Gasteiger partial charge on any atom is -0.456 e. The summed E-state index contributed by atoms with van der Waals surface area (Å²) in [5, 5.41) is 4.72. The Morgan fingerprint density at radius 1 is 0.566 bits per heavy atom. The van der Waals surface area contributed by atoms with Gasteiger partial charge in [-0.3, -0.25) is 0 Å². The van der Waals surface area contributed by atoms with Crippen LogP contribution in [0, 0.1) is 5.92 Å². The summed E-state index contributed by atoms with van der Waals surface area (Å²) >= 11 is 0. The highest BCUT2D eigenvalue weighted by Crippen LogP contribution is 2.47. The number of oxazole rings is 1. The third kappa shape index (κ3) is 4.60. The molecule has 53 heavy (non-hydrogen) atoms. The largest absolute Gasteiger partial charge is 0.456 e. The van der Waals surface area contributed by atoms with Crippen LogP contribution in [0.5, 0.6) is 0 Å². The molecule has 0 bridgehead atoms. The van der Waals surface area contributed by atoms with E-state index in [0.29, 0.717) is 5.89 Å². The third-order valence-electron chi connectivity index (χ3n) is 10.9. The van der Waals surface area contributed by atoms with Crippen molar-refractivity contribution in [1.82, 2.24) is 9.55 Å². The molecule has 10 aromatic rings. The fourth-order valence-electron chi connectivity index (χ4n) is 8.48. The SMILES string of the molecule is CC1C=Cc2c(ccc3oc(-c4ccccc4)nc23)C1N(c1ccc(-n2c3ccccc3c3ccccc32)cc1)c1ccc2oc3ccccc3c2c1. The molecule has 0 aliphatic heterocycles. The lowest BCUT2D eigenvalue weighted by Gasteiger charge is -2.39. The van der Waals surface area contributed by atoms with Gasteiger partial charge in [-0.1, -0.05) is 97.9 Å². The van der Waals surface area contributed by atoms with Crippen molar-refractivity contribution in [1.29, 1.82) is 0 Å². The van der Waals surface area contributed by atoms with E-state index in [2.05, 4.69) is 144 Å². The summed E-state index contributed by atoms with van der Waals surface area (Å²) in [6, 6.07) is 55.6. The summed E-state index contributed by atoms with van der Waals surface area (Å²) in [7, 11) is 0. The van der Waals surface area contributed by atoms with Gasteiger partial charge in [-0.2, -0.15) is 0 Å². The highest BCUT2D eigenvalue weighted by molar-refractivity contribution is 6.09. The molecule has 0 saturated carbocycles. The van der Waals surface area contributed by atoms with E-state index in [4.69, 9.17) is 13.8 Å². The van der Waals surface area contributed by atoms with Crippen molar-refractivity contribution < 1.29 is 8.83 Å². The number of hydrogen-bond acceptors (Lipinski definition) is 4. The van der Waals surface area contributed by atoms with Gasteiger partial charge in [0, 0.05) is 49.7 Å². The number of rotatable bonds is 5. The Hall–Kier alpha value is -6.85. The van der Waals surface area contributed by atoms with Crippen molar-refractivity contribution >= 4 is 72.3 Å². The molecule has 0 saturated heterocycles. The lowest BCUT2D eigenvalue weighted by molar-refractivity contribution is 0.548. The van der Waals surface area contributed by atoms with Gasteiger partial charge in [-0.05, 0) is 90.3 Å². The molecule has 0 fully saturated rings. The average Bonchev–Trinajstić information content (AvgIpc) is 3.92. The minimum absolute atomic E-state index is 0.0222. The van der Waals surface area contributed by atoms with Gasteiger partial charge in [0.1, 0.15) is 16.7 Å². The molecule has 1 aliphatic rings. The standard InChI is InChI=1S/C48H33N3O2/c1-30-19-25-38-39(26-28-45-46(38)49-48(53-45)31-11-3-2-4-12-31)47(30)50(34-24-27-44-40(29-34)37-15-7-10-18-43(37)52-44)32-20-22-33(23-21-32)51-41-16-8-5-13-35(41)36-14-6-9-17-42(36)51/h2-30,47H,1H3. The number of furan rings is 1. The van der Waals surface area contributed by atoms with E-state index >= 15 is 0 Å². The van der Waals surface area contributed by atoms with Crippen LogP contribution >= 0.6 is 0 Å². The van der Waals surface area contributed by atoms with Crippen molar-refractivity contribution in [3.8, 4) is 17.1 Å². The molecule has 3 aromatic heterocycles. The molecular formula is C48H33N3O2. The lowest BCUT2D eigenvalue weighted by atomic mass is 9.83. The highest BCUT2D eigenvalue weighted by Gasteiger charge is 2.33. The molecule has 2 atom stereocenters. The number of nitrogens with zero attached hydrogens (tertiary/aromatic N) is 3. The molecule has 1 aliphatic carbocycles. The summed E-state index contributed by atoms with van der Waals surface area (Å²) in [5.41, 5.74) is 12.4.